The fourth-order valence-electron chi connectivity index (χ4n) is 1.87. The van der Waals surface area contributed by atoms with Gasteiger partial charge in [-0.05, 0) is 42.4 Å². The zero-order chi connectivity index (χ0) is 16.2. The third-order valence-electron chi connectivity index (χ3n) is 3.10. The molecule has 0 unspecified atom stereocenters. The highest BCUT2D eigenvalue weighted by Crippen LogP contribution is 2.04. The maximum absolute atomic E-state index is 12.7. The molecule has 2 N–H and O–H groups in total. The SMILES string of the molecule is CCCCCCCNC(=S)NC(=O)C=Cc1ccc(F)cc1. The Morgan fingerprint density at radius 3 is 2.55 bits per heavy atom. The summed E-state index contributed by atoms with van der Waals surface area (Å²) in [7, 11) is 0. The highest BCUT2D eigenvalue weighted by atomic mass is 32.1. The molecule has 1 amide bonds. The van der Waals surface area contributed by atoms with Gasteiger partial charge in [-0.3, -0.25) is 10.1 Å². The van der Waals surface area contributed by atoms with Crippen LogP contribution in [0, 0.1) is 5.82 Å². The first kappa shape index (κ1) is 18.3. The number of carbonyl (C=O) groups is 1. The lowest BCUT2D eigenvalue weighted by molar-refractivity contribution is -0.115. The number of hydrogen-bond donors (Lipinski definition) is 2. The van der Waals surface area contributed by atoms with Crippen molar-refractivity contribution in [2.75, 3.05) is 6.54 Å². The Kier molecular flexibility index (Phi) is 9.07. The minimum absolute atomic E-state index is 0.298. The molecule has 0 saturated carbocycles. The van der Waals surface area contributed by atoms with Crippen LogP contribution in [0.25, 0.3) is 6.08 Å². The molecule has 0 aliphatic heterocycles. The second-order valence-electron chi connectivity index (χ2n) is 5.04. The van der Waals surface area contributed by atoms with E-state index in [1.54, 1.807) is 18.2 Å². The fourth-order valence-corrected chi connectivity index (χ4v) is 2.08. The van der Waals surface area contributed by atoms with Crippen molar-refractivity contribution >= 4 is 29.3 Å². The van der Waals surface area contributed by atoms with Crippen LogP contribution in [0.15, 0.2) is 30.3 Å². The second-order valence-corrected chi connectivity index (χ2v) is 5.45. The van der Waals surface area contributed by atoms with Crippen LogP contribution in [-0.4, -0.2) is 17.6 Å². The van der Waals surface area contributed by atoms with Crippen molar-refractivity contribution in [3.63, 3.8) is 0 Å². The van der Waals surface area contributed by atoms with Gasteiger partial charge < -0.3 is 5.32 Å². The summed E-state index contributed by atoms with van der Waals surface area (Å²) in [4.78, 5) is 11.7. The maximum Gasteiger partial charge on any atom is 0.250 e. The van der Waals surface area contributed by atoms with Crippen LogP contribution in [0.3, 0.4) is 0 Å². The van der Waals surface area contributed by atoms with Crippen LogP contribution in [0.4, 0.5) is 4.39 Å². The summed E-state index contributed by atoms with van der Waals surface area (Å²) < 4.78 is 12.7. The molecule has 0 radical (unpaired) electrons. The number of thiocarbonyl (C=S) groups is 1. The van der Waals surface area contributed by atoms with E-state index < -0.39 is 0 Å². The minimum Gasteiger partial charge on any atom is -0.362 e. The Labute approximate surface area is 137 Å². The molecule has 0 spiro atoms. The quantitative estimate of drug-likeness (QED) is 0.434. The van der Waals surface area contributed by atoms with Gasteiger partial charge in [-0.25, -0.2) is 4.39 Å². The van der Waals surface area contributed by atoms with Gasteiger partial charge in [0, 0.05) is 12.6 Å². The summed E-state index contributed by atoms with van der Waals surface area (Å²) in [6.45, 7) is 2.95. The maximum atomic E-state index is 12.7. The van der Waals surface area contributed by atoms with Crippen molar-refractivity contribution in [1.82, 2.24) is 10.6 Å². The van der Waals surface area contributed by atoms with E-state index in [9.17, 15) is 9.18 Å². The number of nitrogens with one attached hydrogen (secondary N) is 2. The summed E-state index contributed by atoms with van der Waals surface area (Å²) in [6, 6.07) is 5.91. The second kappa shape index (κ2) is 10.9. The molecule has 3 nitrogen and oxygen atoms in total. The molecule has 5 heteroatoms. The molecule has 0 aliphatic carbocycles. The first-order valence-electron chi connectivity index (χ1n) is 7.64. The first-order chi connectivity index (χ1) is 10.6. The third-order valence-corrected chi connectivity index (χ3v) is 3.35. The lowest BCUT2D eigenvalue weighted by atomic mass is 10.1. The van der Waals surface area contributed by atoms with E-state index in [0.29, 0.717) is 5.11 Å². The summed E-state index contributed by atoms with van der Waals surface area (Å²) in [5.41, 5.74) is 0.756. The molecule has 120 valence electrons. The largest absolute Gasteiger partial charge is 0.362 e. The van der Waals surface area contributed by atoms with Crippen molar-refractivity contribution in [3.05, 3.63) is 41.7 Å². The van der Waals surface area contributed by atoms with E-state index >= 15 is 0 Å². The van der Waals surface area contributed by atoms with Crippen LogP contribution < -0.4 is 10.6 Å². The minimum atomic E-state index is -0.300. The molecule has 1 rings (SSSR count). The van der Waals surface area contributed by atoms with Gasteiger partial charge in [-0.2, -0.15) is 0 Å². The van der Waals surface area contributed by atoms with E-state index in [1.807, 2.05) is 0 Å². The van der Waals surface area contributed by atoms with E-state index in [0.717, 1.165) is 18.5 Å². The molecule has 0 aromatic heterocycles. The van der Waals surface area contributed by atoms with Gasteiger partial charge >= 0.3 is 0 Å². The van der Waals surface area contributed by atoms with E-state index in [4.69, 9.17) is 12.2 Å². The van der Waals surface area contributed by atoms with Crippen molar-refractivity contribution in [1.29, 1.82) is 0 Å². The standard InChI is InChI=1S/C17H23FN2OS/c1-2-3-4-5-6-13-19-17(22)20-16(21)12-9-14-7-10-15(18)11-8-14/h7-12H,2-6,13H2,1H3,(H2,19,20,21,22). The topological polar surface area (TPSA) is 41.1 Å². The Hall–Kier alpha value is -1.75. The molecule has 0 aliphatic rings. The molecule has 0 atom stereocenters. The Bertz CT molecular complexity index is 500. The molecular weight excluding hydrogens is 299 g/mol. The van der Waals surface area contributed by atoms with Crippen LogP contribution in [0.1, 0.15) is 44.6 Å². The Morgan fingerprint density at radius 1 is 1.18 bits per heavy atom. The number of rotatable bonds is 8. The summed E-state index contributed by atoms with van der Waals surface area (Å²) in [5, 5.41) is 5.93. The van der Waals surface area contributed by atoms with Crippen molar-refractivity contribution < 1.29 is 9.18 Å². The molecule has 0 bridgehead atoms. The molecule has 0 heterocycles. The zero-order valence-corrected chi connectivity index (χ0v) is 13.7. The van der Waals surface area contributed by atoms with Crippen LogP contribution >= 0.6 is 12.2 Å². The van der Waals surface area contributed by atoms with E-state index in [2.05, 4.69) is 17.6 Å². The van der Waals surface area contributed by atoms with Crippen molar-refractivity contribution in [3.8, 4) is 0 Å². The molecule has 0 saturated heterocycles. The normalized spacial score (nSPS) is 10.6. The predicted octanol–water partition coefficient (Wildman–Crippen LogP) is 3.80. The summed E-state index contributed by atoms with van der Waals surface area (Å²) >= 11 is 5.05. The average Bonchev–Trinajstić information content (AvgIpc) is 2.50. The van der Waals surface area contributed by atoms with Crippen molar-refractivity contribution in [2.45, 2.75) is 39.0 Å². The van der Waals surface area contributed by atoms with Gasteiger partial charge in [0.05, 0.1) is 0 Å². The van der Waals surface area contributed by atoms with Crippen LogP contribution in [0.5, 0.6) is 0 Å². The van der Waals surface area contributed by atoms with Crippen molar-refractivity contribution in [2.24, 2.45) is 0 Å². The molecule has 22 heavy (non-hydrogen) atoms. The van der Waals surface area contributed by atoms with Gasteiger partial charge in [0.1, 0.15) is 5.82 Å². The monoisotopic (exact) mass is 322 g/mol. The van der Waals surface area contributed by atoms with E-state index in [-0.39, 0.29) is 11.7 Å². The number of halogens is 1. The Balaban J connectivity index is 2.21. The van der Waals surface area contributed by atoms with E-state index in [1.165, 1.54) is 43.9 Å². The van der Waals surface area contributed by atoms with Gasteiger partial charge in [-0.1, -0.05) is 44.7 Å². The average molecular weight is 322 g/mol. The first-order valence-corrected chi connectivity index (χ1v) is 8.05. The van der Waals surface area contributed by atoms with Crippen LogP contribution in [0.2, 0.25) is 0 Å². The fraction of sp³-hybridized carbons (Fsp3) is 0.412. The Morgan fingerprint density at radius 2 is 1.86 bits per heavy atom. The van der Waals surface area contributed by atoms with Gasteiger partial charge in [0.15, 0.2) is 5.11 Å². The van der Waals surface area contributed by atoms with Crippen LogP contribution in [-0.2, 0) is 4.79 Å². The number of hydrogen-bond acceptors (Lipinski definition) is 2. The van der Waals surface area contributed by atoms with Gasteiger partial charge in [0.25, 0.3) is 0 Å². The summed E-state index contributed by atoms with van der Waals surface area (Å²) in [5.74, 6) is -0.598. The lowest BCUT2D eigenvalue weighted by Gasteiger charge is -2.07. The zero-order valence-electron chi connectivity index (χ0n) is 12.9. The molecule has 0 fully saturated rings. The smallest absolute Gasteiger partial charge is 0.250 e. The van der Waals surface area contributed by atoms with Gasteiger partial charge in [0.2, 0.25) is 5.91 Å². The number of amides is 1. The number of carbonyl (C=O) groups excluding carboxylic acids is 1. The lowest BCUT2D eigenvalue weighted by Crippen LogP contribution is -2.38. The molecular formula is C17H23FN2OS. The third kappa shape index (κ3) is 8.52. The highest BCUT2D eigenvalue weighted by molar-refractivity contribution is 7.80. The number of benzene rings is 1. The molecule has 1 aromatic carbocycles. The molecule has 1 aromatic rings. The highest BCUT2D eigenvalue weighted by Gasteiger charge is 2.00. The van der Waals surface area contributed by atoms with Gasteiger partial charge in [-0.15, -0.1) is 0 Å². The number of unbranched alkanes of at least 4 members (excludes halogenated alkanes) is 4. The summed E-state index contributed by atoms with van der Waals surface area (Å²) in [6.07, 6.45) is 8.92. The predicted molar refractivity (Wildman–Crippen MR) is 92.9 cm³/mol.